The average molecular weight is 502 g/mol. The third-order valence-electron chi connectivity index (χ3n) is 6.52. The highest BCUT2D eigenvalue weighted by molar-refractivity contribution is 5.99. The molecule has 37 heavy (non-hydrogen) atoms. The predicted molar refractivity (Wildman–Crippen MR) is 152 cm³/mol. The van der Waals surface area contributed by atoms with Crippen molar-refractivity contribution in [3.8, 4) is 11.5 Å². The van der Waals surface area contributed by atoms with Gasteiger partial charge in [-0.3, -0.25) is 0 Å². The molecular weight excluding hydrogens is 462 g/mol. The Balaban J connectivity index is 1.64. The molecule has 3 heterocycles. The van der Waals surface area contributed by atoms with Crippen molar-refractivity contribution in [2.45, 2.75) is 54.9 Å². The number of hydrogen-bond donors (Lipinski definition) is 2. The van der Waals surface area contributed by atoms with Gasteiger partial charge in [-0.25, -0.2) is 9.98 Å². The molecular formula is C30H39N5O2. The van der Waals surface area contributed by atoms with Gasteiger partial charge in [0.25, 0.3) is 0 Å². The summed E-state index contributed by atoms with van der Waals surface area (Å²) in [4.78, 5) is 12.1. The summed E-state index contributed by atoms with van der Waals surface area (Å²) in [6.07, 6.45) is 6.85. The van der Waals surface area contributed by atoms with E-state index in [1.165, 1.54) is 5.57 Å². The van der Waals surface area contributed by atoms with Crippen LogP contribution >= 0.6 is 0 Å². The van der Waals surface area contributed by atoms with Crippen molar-refractivity contribution in [3.05, 3.63) is 76.0 Å². The fourth-order valence-electron chi connectivity index (χ4n) is 4.50. The van der Waals surface area contributed by atoms with Crippen molar-refractivity contribution >= 4 is 17.3 Å². The van der Waals surface area contributed by atoms with Gasteiger partial charge in [-0.1, -0.05) is 19.4 Å². The second-order valence-corrected chi connectivity index (χ2v) is 10.3. The number of hydrogen-bond acceptors (Lipinski definition) is 6. The Hall–Kier alpha value is -3.74. The molecule has 3 N–H and O–H groups in total. The average Bonchev–Trinajstić information content (AvgIpc) is 3.00. The zero-order valence-electron chi connectivity index (χ0n) is 23.1. The zero-order valence-corrected chi connectivity index (χ0v) is 23.1. The van der Waals surface area contributed by atoms with Gasteiger partial charge in [-0.15, -0.1) is 0 Å². The molecule has 0 saturated carbocycles. The van der Waals surface area contributed by atoms with E-state index in [0.717, 1.165) is 70.7 Å². The van der Waals surface area contributed by atoms with Gasteiger partial charge >= 0.3 is 0 Å². The van der Waals surface area contributed by atoms with E-state index in [0.29, 0.717) is 24.1 Å². The highest BCUT2D eigenvalue weighted by Gasteiger charge is 2.24. The summed E-state index contributed by atoms with van der Waals surface area (Å²) in [5.41, 5.74) is 13.2. The minimum absolute atomic E-state index is 0.391. The minimum atomic E-state index is 0.391. The number of fused-ring (bicyclic) bond motifs is 1. The summed E-state index contributed by atoms with van der Waals surface area (Å²) in [6.45, 7) is 17.1. The SMILES string of the molecule is CCCN1CC(C)COc2cc(C)c(C(N)=Nc3cc(C)c(OC4=CC(=C(C)C)NC=C4)cc3C)nc21. The topological polar surface area (TPSA) is 85.0 Å². The molecule has 2 aliphatic heterocycles. The Kier molecular flexibility index (Phi) is 7.91. The van der Waals surface area contributed by atoms with Crippen LogP contribution in [0, 0.1) is 26.7 Å². The maximum Gasteiger partial charge on any atom is 0.172 e. The van der Waals surface area contributed by atoms with E-state index in [1.807, 2.05) is 57.3 Å². The smallest absolute Gasteiger partial charge is 0.172 e. The van der Waals surface area contributed by atoms with Gasteiger partial charge < -0.3 is 25.4 Å². The van der Waals surface area contributed by atoms with Crippen molar-refractivity contribution in [3.63, 3.8) is 0 Å². The second kappa shape index (κ2) is 11.1. The summed E-state index contributed by atoms with van der Waals surface area (Å²) >= 11 is 0. The lowest BCUT2D eigenvalue weighted by Gasteiger charge is -2.24. The van der Waals surface area contributed by atoms with Crippen molar-refractivity contribution in [1.82, 2.24) is 10.3 Å². The zero-order chi connectivity index (χ0) is 26.7. The van der Waals surface area contributed by atoms with Gasteiger partial charge in [0.2, 0.25) is 0 Å². The summed E-state index contributed by atoms with van der Waals surface area (Å²) in [5.74, 6) is 4.06. The van der Waals surface area contributed by atoms with E-state index < -0.39 is 0 Å². The van der Waals surface area contributed by atoms with Crippen LogP contribution in [0.4, 0.5) is 11.5 Å². The van der Waals surface area contributed by atoms with Crippen molar-refractivity contribution in [2.75, 3.05) is 24.6 Å². The number of ether oxygens (including phenoxy) is 2. The van der Waals surface area contributed by atoms with Crippen molar-refractivity contribution < 1.29 is 9.47 Å². The fourth-order valence-corrected chi connectivity index (χ4v) is 4.50. The van der Waals surface area contributed by atoms with Crippen LogP contribution in [0.25, 0.3) is 0 Å². The number of anilines is 1. The second-order valence-electron chi connectivity index (χ2n) is 10.3. The first-order valence-electron chi connectivity index (χ1n) is 13.0. The Bertz CT molecular complexity index is 1300. The van der Waals surface area contributed by atoms with E-state index in [4.69, 9.17) is 25.2 Å². The molecule has 196 valence electrons. The van der Waals surface area contributed by atoms with Gasteiger partial charge in [0.05, 0.1) is 12.3 Å². The van der Waals surface area contributed by atoms with Crippen LogP contribution < -0.4 is 25.4 Å². The van der Waals surface area contributed by atoms with E-state index in [-0.39, 0.29) is 0 Å². The molecule has 1 atom stereocenters. The summed E-state index contributed by atoms with van der Waals surface area (Å²) < 4.78 is 12.3. The molecule has 0 spiro atoms. The van der Waals surface area contributed by atoms with Crippen LogP contribution in [0.3, 0.4) is 0 Å². The van der Waals surface area contributed by atoms with Crippen LogP contribution in [0.5, 0.6) is 11.5 Å². The molecule has 7 nitrogen and oxygen atoms in total. The van der Waals surface area contributed by atoms with Crippen LogP contribution in [0.2, 0.25) is 0 Å². The first kappa shape index (κ1) is 26.3. The quantitative estimate of drug-likeness (QED) is 0.375. The summed E-state index contributed by atoms with van der Waals surface area (Å²) in [7, 11) is 0. The number of aromatic nitrogens is 1. The van der Waals surface area contributed by atoms with Crippen LogP contribution in [-0.4, -0.2) is 30.5 Å². The maximum atomic E-state index is 6.56. The van der Waals surface area contributed by atoms with E-state index in [1.54, 1.807) is 0 Å². The van der Waals surface area contributed by atoms with Crippen molar-refractivity contribution in [1.29, 1.82) is 0 Å². The fraction of sp³-hybridized carbons (Fsp3) is 0.400. The number of nitrogens with two attached hydrogens (primary N) is 1. The predicted octanol–water partition coefficient (Wildman–Crippen LogP) is 5.96. The highest BCUT2D eigenvalue weighted by atomic mass is 16.5. The molecule has 2 aromatic rings. The number of rotatable bonds is 6. The first-order chi connectivity index (χ1) is 17.7. The Labute approximate surface area is 220 Å². The number of benzene rings is 1. The summed E-state index contributed by atoms with van der Waals surface area (Å²) in [6, 6.07) is 6.06. The number of dihydropyridines is 1. The van der Waals surface area contributed by atoms with Gasteiger partial charge in [-0.2, -0.15) is 0 Å². The Morgan fingerprint density at radius 2 is 1.97 bits per heavy atom. The normalized spacial score (nSPS) is 17.4. The largest absolute Gasteiger partial charge is 0.489 e. The van der Waals surface area contributed by atoms with Crippen LogP contribution in [-0.2, 0) is 0 Å². The molecule has 0 radical (unpaired) electrons. The number of aliphatic imine (C=N–C) groups is 1. The van der Waals surface area contributed by atoms with E-state index >= 15 is 0 Å². The molecule has 0 amide bonds. The lowest BCUT2D eigenvalue weighted by atomic mass is 10.1. The molecule has 4 rings (SSSR count). The molecule has 1 aromatic heterocycles. The van der Waals surface area contributed by atoms with E-state index in [2.05, 4.69) is 37.9 Å². The Morgan fingerprint density at radius 1 is 1.19 bits per heavy atom. The molecule has 0 aliphatic carbocycles. The lowest BCUT2D eigenvalue weighted by Crippen LogP contribution is -2.30. The summed E-state index contributed by atoms with van der Waals surface area (Å²) in [5, 5.41) is 3.24. The van der Waals surface area contributed by atoms with E-state index in [9.17, 15) is 0 Å². The van der Waals surface area contributed by atoms with Crippen molar-refractivity contribution in [2.24, 2.45) is 16.6 Å². The molecule has 0 fully saturated rings. The number of nitrogens with zero attached hydrogens (tertiary/aromatic N) is 3. The van der Waals surface area contributed by atoms with Gasteiger partial charge in [0.1, 0.15) is 23.0 Å². The highest BCUT2D eigenvalue weighted by Crippen LogP contribution is 2.34. The molecule has 0 saturated heterocycles. The number of nitrogens with one attached hydrogen (secondary N) is 1. The van der Waals surface area contributed by atoms with Gasteiger partial charge in [0, 0.05) is 37.0 Å². The van der Waals surface area contributed by atoms with Gasteiger partial charge in [0.15, 0.2) is 11.6 Å². The standard InChI is InChI=1S/C30H39N5O2/c1-8-11-35-16-19(4)17-36-27-14-22(7)28(34-30(27)35)29(31)33-25-12-21(6)26(13-20(25)5)37-23-9-10-32-24(15-23)18(2)3/h9-10,12-15,19,32H,8,11,16-17H2,1-7H3,(H2,31,33). The number of amidine groups is 1. The van der Waals surface area contributed by atoms with Crippen LogP contribution in [0.15, 0.2) is 58.6 Å². The molecule has 0 bridgehead atoms. The lowest BCUT2D eigenvalue weighted by molar-refractivity contribution is 0.273. The molecule has 1 unspecified atom stereocenters. The number of aryl methyl sites for hydroxylation is 3. The maximum absolute atomic E-state index is 6.56. The van der Waals surface area contributed by atoms with Crippen LogP contribution in [0.1, 0.15) is 56.5 Å². The molecule has 7 heteroatoms. The third kappa shape index (κ3) is 5.98. The first-order valence-corrected chi connectivity index (χ1v) is 13.0. The third-order valence-corrected chi connectivity index (χ3v) is 6.52. The molecule has 1 aromatic carbocycles. The minimum Gasteiger partial charge on any atom is -0.489 e. The Morgan fingerprint density at radius 3 is 2.70 bits per heavy atom. The number of pyridine rings is 1. The molecule has 2 aliphatic rings. The van der Waals surface area contributed by atoms with Gasteiger partial charge in [-0.05, 0) is 82.0 Å². The number of allylic oxidation sites excluding steroid dienone is 3. The monoisotopic (exact) mass is 501 g/mol.